The molecule has 10 heavy (non-hydrogen) atoms. The van der Waals surface area contributed by atoms with Crippen molar-refractivity contribution in [1.82, 2.24) is 0 Å². The molecular formula is C10H28. The fourth-order valence-electron chi connectivity index (χ4n) is 0.136. The highest BCUT2D eigenvalue weighted by molar-refractivity contribution is 4.94. The van der Waals surface area contributed by atoms with Gasteiger partial charge in [-0.05, 0) is 6.92 Å². The van der Waals surface area contributed by atoms with E-state index in [-0.39, 0.29) is 37.1 Å². The quantitative estimate of drug-likeness (QED) is 0.463. The normalized spacial score (nSPS) is 4.50. The van der Waals surface area contributed by atoms with E-state index in [2.05, 4.69) is 6.58 Å². The minimum Gasteiger partial charge on any atom is -0.0991 e. The third kappa shape index (κ3) is 143. The summed E-state index contributed by atoms with van der Waals surface area (Å²) < 4.78 is 0. The van der Waals surface area contributed by atoms with Gasteiger partial charge >= 0.3 is 0 Å². The second-order valence-corrected chi connectivity index (χ2v) is 0.761. The van der Waals surface area contributed by atoms with E-state index in [0.29, 0.717) is 0 Å². The number of hydrogen-bond acceptors (Lipinski definition) is 0. The van der Waals surface area contributed by atoms with Gasteiger partial charge in [-0.2, -0.15) is 0 Å². The van der Waals surface area contributed by atoms with Gasteiger partial charge < -0.3 is 0 Å². The second kappa shape index (κ2) is 77.1. The van der Waals surface area contributed by atoms with Crippen LogP contribution in [0.25, 0.3) is 0 Å². The van der Waals surface area contributed by atoms with E-state index in [1.807, 2.05) is 19.1 Å². The molecule has 0 aliphatic rings. The predicted octanol–water partition coefficient (Wildman–Crippen LogP) is 4.93. The Morgan fingerprint density at radius 3 is 1.20 bits per heavy atom. The Balaban J connectivity index is -0.00000000800. The summed E-state index contributed by atoms with van der Waals surface area (Å²) in [6, 6.07) is 0. The highest BCUT2D eigenvalue weighted by atomic mass is 13.5. The van der Waals surface area contributed by atoms with Gasteiger partial charge in [-0.15, -0.1) is 0 Å². The lowest BCUT2D eigenvalue weighted by Crippen LogP contribution is -1.33. The first kappa shape index (κ1) is 56.3. The molecule has 68 valence electrons. The van der Waals surface area contributed by atoms with Crippen molar-refractivity contribution in [3.05, 3.63) is 24.8 Å². The second-order valence-electron chi connectivity index (χ2n) is 0.761. The van der Waals surface area contributed by atoms with Crippen LogP contribution in [0.5, 0.6) is 0 Å². The first-order valence-electron chi connectivity index (χ1n) is 1.65. The Hall–Kier alpha value is -0.520. The molecule has 0 spiro atoms. The van der Waals surface area contributed by atoms with Crippen LogP contribution in [0.4, 0.5) is 0 Å². The van der Waals surface area contributed by atoms with Gasteiger partial charge in [0.25, 0.3) is 0 Å². The molecule has 0 saturated heterocycles. The number of hydrogen-bond donors (Lipinski definition) is 0. The molecule has 0 atom stereocenters. The molecule has 0 aromatic carbocycles. The molecule has 0 heteroatoms. The van der Waals surface area contributed by atoms with Gasteiger partial charge in [0, 0.05) is 0 Å². The standard InChI is InChI=1S/C5H8.5CH4/c1-3-5-4-2;;;;;/h3-5H,1H2,2H3;5*1H4. The van der Waals surface area contributed by atoms with Crippen LogP contribution >= 0.6 is 0 Å². The van der Waals surface area contributed by atoms with Crippen LogP contribution in [0.1, 0.15) is 44.1 Å². The molecular weight excluding hydrogens is 120 g/mol. The zero-order valence-corrected chi connectivity index (χ0v) is 3.44. The maximum Gasteiger partial charge on any atom is -0.0467 e. The van der Waals surface area contributed by atoms with Crippen LogP contribution in [-0.4, -0.2) is 0 Å². The van der Waals surface area contributed by atoms with Crippen molar-refractivity contribution in [3.63, 3.8) is 0 Å². The first-order chi connectivity index (χ1) is 2.41. The van der Waals surface area contributed by atoms with Crippen LogP contribution in [-0.2, 0) is 0 Å². The molecule has 0 aliphatic carbocycles. The van der Waals surface area contributed by atoms with Crippen LogP contribution in [0.3, 0.4) is 0 Å². The molecule has 0 bridgehead atoms. The van der Waals surface area contributed by atoms with Crippen molar-refractivity contribution in [2.75, 3.05) is 0 Å². The van der Waals surface area contributed by atoms with E-state index in [1.54, 1.807) is 6.08 Å². The van der Waals surface area contributed by atoms with E-state index >= 15 is 0 Å². The molecule has 0 aliphatic heterocycles. The van der Waals surface area contributed by atoms with E-state index in [1.165, 1.54) is 0 Å². The topological polar surface area (TPSA) is 0 Å². The molecule has 0 unspecified atom stereocenters. The van der Waals surface area contributed by atoms with Crippen molar-refractivity contribution in [2.24, 2.45) is 0 Å². The van der Waals surface area contributed by atoms with Gasteiger partial charge in [0.1, 0.15) is 0 Å². The van der Waals surface area contributed by atoms with Gasteiger partial charge in [-0.3, -0.25) is 0 Å². The maximum absolute atomic E-state index is 3.46. The summed E-state index contributed by atoms with van der Waals surface area (Å²) in [5, 5.41) is 0. The van der Waals surface area contributed by atoms with Crippen molar-refractivity contribution in [1.29, 1.82) is 0 Å². The molecule has 0 amide bonds. The van der Waals surface area contributed by atoms with Crippen LogP contribution in [0, 0.1) is 0 Å². The van der Waals surface area contributed by atoms with Crippen LogP contribution in [0.15, 0.2) is 24.8 Å². The number of allylic oxidation sites excluding steroid dienone is 3. The van der Waals surface area contributed by atoms with Crippen molar-refractivity contribution >= 4 is 0 Å². The Morgan fingerprint density at radius 1 is 0.900 bits per heavy atom. The van der Waals surface area contributed by atoms with Crippen LogP contribution < -0.4 is 0 Å². The molecule has 0 aromatic rings. The summed E-state index contributed by atoms with van der Waals surface area (Å²) in [6.07, 6.45) is 5.58. The maximum atomic E-state index is 3.46. The molecule has 0 rings (SSSR count). The zero-order valence-electron chi connectivity index (χ0n) is 3.44. The fourth-order valence-corrected chi connectivity index (χ4v) is 0.136. The summed E-state index contributed by atoms with van der Waals surface area (Å²) in [5.41, 5.74) is 0. The third-order valence-electron chi connectivity index (χ3n) is 0.329. The lowest BCUT2D eigenvalue weighted by molar-refractivity contribution is 1.74. The Labute approximate surface area is 69.7 Å². The molecule has 0 nitrogen and oxygen atoms in total. The number of rotatable bonds is 1. The smallest absolute Gasteiger partial charge is 0.0467 e. The lowest BCUT2D eigenvalue weighted by atomic mass is 10.5. The summed E-state index contributed by atoms with van der Waals surface area (Å²) in [5.74, 6) is 0. The van der Waals surface area contributed by atoms with Gasteiger partial charge in [0.2, 0.25) is 0 Å². The van der Waals surface area contributed by atoms with Crippen molar-refractivity contribution in [3.8, 4) is 0 Å². The molecule has 0 N–H and O–H groups in total. The Morgan fingerprint density at radius 2 is 1.20 bits per heavy atom. The largest absolute Gasteiger partial charge is 0.0991 e. The molecule has 0 heterocycles. The van der Waals surface area contributed by atoms with E-state index in [0.717, 1.165) is 0 Å². The average Bonchev–Trinajstić information content (AvgIpc) is 1.41. The minimum absolute atomic E-state index is 0. The summed E-state index contributed by atoms with van der Waals surface area (Å²) >= 11 is 0. The fraction of sp³-hybridized carbons (Fsp3) is 0.600. The van der Waals surface area contributed by atoms with Crippen LogP contribution in [0.2, 0.25) is 0 Å². The van der Waals surface area contributed by atoms with E-state index in [9.17, 15) is 0 Å². The summed E-state index contributed by atoms with van der Waals surface area (Å²) in [6.45, 7) is 5.42. The van der Waals surface area contributed by atoms with Crippen molar-refractivity contribution in [2.45, 2.75) is 44.1 Å². The Kier molecular flexibility index (Phi) is 434. The molecule has 0 saturated carbocycles. The van der Waals surface area contributed by atoms with E-state index < -0.39 is 0 Å². The molecule has 0 fully saturated rings. The minimum atomic E-state index is 0. The highest BCUT2D eigenvalue weighted by Gasteiger charge is 1.42. The highest BCUT2D eigenvalue weighted by Crippen LogP contribution is 1.64. The van der Waals surface area contributed by atoms with Gasteiger partial charge in [-0.1, -0.05) is 61.9 Å². The monoisotopic (exact) mass is 148 g/mol. The average molecular weight is 148 g/mol. The molecule has 0 aromatic heterocycles. The molecule has 0 radical (unpaired) electrons. The summed E-state index contributed by atoms with van der Waals surface area (Å²) in [7, 11) is 0. The SMILES string of the molecule is C.C.C.C.C.C=CC=CC. The van der Waals surface area contributed by atoms with Gasteiger partial charge in [-0.25, -0.2) is 0 Å². The first-order valence-corrected chi connectivity index (χ1v) is 1.65. The van der Waals surface area contributed by atoms with Crippen molar-refractivity contribution < 1.29 is 0 Å². The third-order valence-corrected chi connectivity index (χ3v) is 0.329. The van der Waals surface area contributed by atoms with Gasteiger partial charge in [0.15, 0.2) is 0 Å². The predicted molar refractivity (Wildman–Crippen MR) is 58.7 cm³/mol. The van der Waals surface area contributed by atoms with Gasteiger partial charge in [0.05, 0.1) is 0 Å². The lowest BCUT2D eigenvalue weighted by Gasteiger charge is -1.56. The Bertz CT molecular complexity index is 42.0. The zero-order chi connectivity index (χ0) is 4.12. The van der Waals surface area contributed by atoms with E-state index in [4.69, 9.17) is 0 Å². The summed E-state index contributed by atoms with van der Waals surface area (Å²) in [4.78, 5) is 0.